The molecule has 4 N–H and O–H groups in total. The quantitative estimate of drug-likeness (QED) is 0.439. The molecule has 2 heterocycles. The van der Waals surface area contributed by atoms with Gasteiger partial charge in [0, 0.05) is 0 Å². The number of methoxy groups -OCH3 is 1. The molecule has 0 spiro atoms. The maximum absolute atomic E-state index is 11.9. The van der Waals surface area contributed by atoms with Gasteiger partial charge in [0.1, 0.15) is 30.9 Å². The highest BCUT2D eigenvalue weighted by molar-refractivity contribution is 9.10. The van der Waals surface area contributed by atoms with E-state index in [0.29, 0.717) is 10.5 Å². The normalized spacial score (nSPS) is 12.3. The summed E-state index contributed by atoms with van der Waals surface area (Å²) in [5.74, 6) is 1.31. The molecule has 0 fully saturated rings. The van der Waals surface area contributed by atoms with Gasteiger partial charge in [0.25, 0.3) is 5.56 Å². The Bertz CT molecular complexity index is 972. The Morgan fingerprint density at radius 1 is 1.30 bits per heavy atom. The summed E-state index contributed by atoms with van der Waals surface area (Å²) in [4.78, 5) is 22.4. The summed E-state index contributed by atoms with van der Waals surface area (Å²) in [6, 6.07) is 7.05. The molecule has 0 bridgehead atoms. The monoisotopic (exact) mass is 439 g/mol. The molecule has 27 heavy (non-hydrogen) atoms. The number of benzene rings is 1. The van der Waals surface area contributed by atoms with Crippen LogP contribution in [0.5, 0.6) is 11.5 Å². The third kappa shape index (κ3) is 4.38. The Kier molecular flexibility index (Phi) is 5.94. The number of nitrogens with zero attached hydrogens (tertiary/aromatic N) is 3. The fourth-order valence-corrected chi connectivity index (χ4v) is 2.76. The minimum Gasteiger partial charge on any atom is -0.497 e. The van der Waals surface area contributed by atoms with Gasteiger partial charge in [-0.15, -0.1) is 0 Å². The van der Waals surface area contributed by atoms with E-state index in [-0.39, 0.29) is 37.1 Å². The fraction of sp³-hybridized carbons (Fsp3) is 0.312. The molecule has 2 aromatic heterocycles. The van der Waals surface area contributed by atoms with Crippen LogP contribution in [0.3, 0.4) is 0 Å². The molecule has 11 heteroatoms. The van der Waals surface area contributed by atoms with Gasteiger partial charge in [-0.05, 0) is 40.2 Å². The highest BCUT2D eigenvalue weighted by Gasteiger charge is 2.16. The number of imidazole rings is 1. The number of aliphatic hydroxyl groups excluding tert-OH is 1. The average molecular weight is 440 g/mol. The molecule has 0 aliphatic heterocycles. The lowest BCUT2D eigenvalue weighted by Crippen LogP contribution is -2.27. The first-order chi connectivity index (χ1) is 13.0. The van der Waals surface area contributed by atoms with Crippen molar-refractivity contribution in [3.63, 3.8) is 0 Å². The van der Waals surface area contributed by atoms with Gasteiger partial charge in [0.2, 0.25) is 5.95 Å². The van der Waals surface area contributed by atoms with Crippen molar-refractivity contribution in [3.05, 3.63) is 39.4 Å². The zero-order valence-electron chi connectivity index (χ0n) is 14.4. The summed E-state index contributed by atoms with van der Waals surface area (Å²) in [6.07, 6.45) is -0.601. The first-order valence-corrected chi connectivity index (χ1v) is 8.72. The van der Waals surface area contributed by atoms with Crippen LogP contribution < -0.4 is 20.8 Å². The van der Waals surface area contributed by atoms with E-state index >= 15 is 0 Å². The Hall–Kier alpha value is -2.63. The van der Waals surface area contributed by atoms with E-state index < -0.39 is 11.7 Å². The lowest BCUT2D eigenvalue weighted by Gasteiger charge is -2.17. The van der Waals surface area contributed by atoms with Crippen LogP contribution in [0.1, 0.15) is 0 Å². The van der Waals surface area contributed by atoms with Gasteiger partial charge in [-0.25, -0.2) is 4.98 Å². The number of aliphatic hydroxyl groups is 1. The van der Waals surface area contributed by atoms with Gasteiger partial charge in [-0.2, -0.15) is 4.98 Å². The van der Waals surface area contributed by atoms with Crippen molar-refractivity contribution < 1.29 is 19.3 Å². The highest BCUT2D eigenvalue weighted by atomic mass is 79.9. The predicted octanol–water partition coefficient (Wildman–Crippen LogP) is 0.887. The van der Waals surface area contributed by atoms with Crippen LogP contribution in [0, 0.1) is 0 Å². The largest absolute Gasteiger partial charge is 0.497 e. The predicted molar refractivity (Wildman–Crippen MR) is 101 cm³/mol. The third-order valence-corrected chi connectivity index (χ3v) is 4.32. The molecular formula is C16H18BrN5O5. The molecule has 0 amide bonds. The maximum atomic E-state index is 11.9. The molecule has 1 unspecified atom stereocenters. The van der Waals surface area contributed by atoms with Crippen molar-refractivity contribution in [2.24, 2.45) is 0 Å². The average Bonchev–Trinajstić information content (AvgIpc) is 2.98. The van der Waals surface area contributed by atoms with Crippen molar-refractivity contribution in [3.8, 4) is 11.5 Å². The number of ether oxygens (including phenoxy) is 3. The summed E-state index contributed by atoms with van der Waals surface area (Å²) < 4.78 is 18.3. The highest BCUT2D eigenvalue weighted by Crippen LogP contribution is 2.19. The second-order valence-electron chi connectivity index (χ2n) is 5.52. The zero-order chi connectivity index (χ0) is 19.4. The zero-order valence-corrected chi connectivity index (χ0v) is 16.0. The van der Waals surface area contributed by atoms with Crippen LogP contribution in [0.4, 0.5) is 5.95 Å². The molecule has 144 valence electrons. The number of hydrogen-bond donors (Lipinski definition) is 3. The second-order valence-corrected chi connectivity index (χ2v) is 6.23. The van der Waals surface area contributed by atoms with Crippen LogP contribution in [0.2, 0.25) is 0 Å². The SMILES string of the molecule is COc1ccc(OCC(CO)OCn2c(Br)nc3c(=O)[nH]c(N)nc32)cc1. The van der Waals surface area contributed by atoms with E-state index in [4.69, 9.17) is 19.9 Å². The minimum atomic E-state index is -0.601. The summed E-state index contributed by atoms with van der Waals surface area (Å²) in [6.45, 7) is -0.135. The van der Waals surface area contributed by atoms with E-state index in [1.165, 1.54) is 4.57 Å². The topological polar surface area (TPSA) is 138 Å². The molecule has 0 saturated heterocycles. The smallest absolute Gasteiger partial charge is 0.280 e. The molecule has 1 atom stereocenters. The number of nitrogens with one attached hydrogen (secondary N) is 1. The van der Waals surface area contributed by atoms with E-state index in [2.05, 4.69) is 30.9 Å². The summed E-state index contributed by atoms with van der Waals surface area (Å²) in [5.41, 5.74) is 5.55. The van der Waals surface area contributed by atoms with E-state index in [9.17, 15) is 9.90 Å². The van der Waals surface area contributed by atoms with Gasteiger partial charge >= 0.3 is 0 Å². The van der Waals surface area contributed by atoms with E-state index in [0.717, 1.165) is 5.75 Å². The molecule has 1 aromatic carbocycles. The maximum Gasteiger partial charge on any atom is 0.280 e. The first-order valence-electron chi connectivity index (χ1n) is 7.92. The molecule has 10 nitrogen and oxygen atoms in total. The van der Waals surface area contributed by atoms with Crippen LogP contribution >= 0.6 is 15.9 Å². The number of hydrogen-bond acceptors (Lipinski definition) is 8. The van der Waals surface area contributed by atoms with Crippen molar-refractivity contribution >= 4 is 33.0 Å². The lowest BCUT2D eigenvalue weighted by molar-refractivity contribution is -0.0444. The van der Waals surface area contributed by atoms with E-state index in [1.54, 1.807) is 31.4 Å². The van der Waals surface area contributed by atoms with Gasteiger partial charge in [-0.1, -0.05) is 0 Å². The number of aromatic amines is 1. The molecule has 0 saturated carbocycles. The Balaban J connectivity index is 1.66. The van der Waals surface area contributed by atoms with Gasteiger partial charge in [0.05, 0.1) is 13.7 Å². The lowest BCUT2D eigenvalue weighted by atomic mass is 10.3. The van der Waals surface area contributed by atoms with Crippen LogP contribution in [-0.2, 0) is 11.5 Å². The van der Waals surface area contributed by atoms with Crippen molar-refractivity contribution in [1.29, 1.82) is 0 Å². The number of anilines is 1. The second kappa shape index (κ2) is 8.37. The number of aromatic nitrogens is 4. The van der Waals surface area contributed by atoms with Crippen molar-refractivity contribution in [1.82, 2.24) is 19.5 Å². The summed E-state index contributed by atoms with van der Waals surface area (Å²) in [7, 11) is 1.58. The standard InChI is InChI=1S/C16H18BrN5O5/c1-25-9-2-4-10(5-3-9)26-7-11(6-23)27-8-22-13-12(19-15(22)17)14(24)21-16(18)20-13/h2-5,11,23H,6-8H2,1H3,(H3,18,20,21,24). The van der Waals surface area contributed by atoms with Crippen LogP contribution in [0.25, 0.3) is 11.2 Å². The molecule has 3 rings (SSSR count). The number of nitrogens with two attached hydrogens (primary N) is 1. The molecule has 0 aliphatic carbocycles. The van der Waals surface area contributed by atoms with Crippen molar-refractivity contribution in [2.45, 2.75) is 12.8 Å². The number of halogens is 1. The Morgan fingerprint density at radius 3 is 2.67 bits per heavy atom. The Labute approximate surface area is 162 Å². The molecular weight excluding hydrogens is 422 g/mol. The number of nitrogen functional groups attached to an aromatic ring is 1. The van der Waals surface area contributed by atoms with Crippen molar-refractivity contribution in [2.75, 3.05) is 26.1 Å². The molecule has 0 radical (unpaired) electrons. The van der Waals surface area contributed by atoms with Gasteiger partial charge in [0.15, 0.2) is 15.9 Å². The van der Waals surface area contributed by atoms with Crippen LogP contribution in [0.15, 0.2) is 33.8 Å². The first kappa shape index (κ1) is 19.1. The summed E-state index contributed by atoms with van der Waals surface area (Å²) in [5, 5.41) is 9.53. The fourth-order valence-electron chi connectivity index (χ4n) is 2.31. The van der Waals surface area contributed by atoms with Gasteiger partial charge < -0.3 is 25.1 Å². The Morgan fingerprint density at radius 2 is 2.00 bits per heavy atom. The van der Waals surface area contributed by atoms with Gasteiger partial charge in [-0.3, -0.25) is 14.3 Å². The number of H-pyrrole nitrogens is 1. The minimum absolute atomic E-state index is 0.00975. The number of rotatable bonds is 8. The summed E-state index contributed by atoms with van der Waals surface area (Å²) >= 11 is 3.26. The molecule has 0 aliphatic rings. The number of fused-ring (bicyclic) bond motifs is 1. The molecule has 3 aromatic rings. The third-order valence-electron chi connectivity index (χ3n) is 3.72. The van der Waals surface area contributed by atoms with Crippen LogP contribution in [-0.4, -0.2) is 51.1 Å². The van der Waals surface area contributed by atoms with E-state index in [1.807, 2.05) is 0 Å².